The van der Waals surface area contributed by atoms with Gasteiger partial charge in [-0.1, -0.05) is 24.3 Å². The van der Waals surface area contributed by atoms with Crippen molar-refractivity contribution in [2.75, 3.05) is 12.3 Å². The molecular weight excluding hydrogens is 270 g/mol. The van der Waals surface area contributed by atoms with Crippen molar-refractivity contribution in [3.63, 3.8) is 0 Å². The van der Waals surface area contributed by atoms with Gasteiger partial charge >= 0.3 is 0 Å². The van der Waals surface area contributed by atoms with Crippen molar-refractivity contribution >= 4 is 26.7 Å². The van der Waals surface area contributed by atoms with Crippen LogP contribution in [0.25, 0.3) is 10.2 Å². The molecule has 0 saturated heterocycles. The first-order valence-electron chi connectivity index (χ1n) is 6.64. The number of thiazole rings is 1. The fourth-order valence-corrected chi connectivity index (χ4v) is 3.04. The van der Waals surface area contributed by atoms with Crippen LogP contribution in [-0.2, 0) is 13.1 Å². The van der Waals surface area contributed by atoms with E-state index >= 15 is 0 Å². The van der Waals surface area contributed by atoms with Crippen molar-refractivity contribution in [2.45, 2.75) is 20.0 Å². The summed E-state index contributed by atoms with van der Waals surface area (Å²) in [5.41, 5.74) is 7.99. The van der Waals surface area contributed by atoms with Crippen molar-refractivity contribution < 1.29 is 4.42 Å². The lowest BCUT2D eigenvalue weighted by molar-refractivity contribution is 0.248. The molecule has 4 nitrogen and oxygen atoms in total. The molecule has 0 fully saturated rings. The van der Waals surface area contributed by atoms with E-state index in [4.69, 9.17) is 10.2 Å². The highest BCUT2D eigenvalue weighted by Gasteiger charge is 2.08. The molecule has 5 heteroatoms. The SMILES string of the molecule is CCN(Cc1ccc2nc(N)sc2c1)Cc1ccco1. The van der Waals surface area contributed by atoms with Crippen LogP contribution in [0.4, 0.5) is 5.13 Å². The average Bonchev–Trinajstić information content (AvgIpc) is 3.05. The molecule has 0 radical (unpaired) electrons. The average molecular weight is 287 g/mol. The highest BCUT2D eigenvalue weighted by Crippen LogP contribution is 2.25. The van der Waals surface area contributed by atoms with Crippen LogP contribution in [0.3, 0.4) is 0 Å². The van der Waals surface area contributed by atoms with Gasteiger partial charge in [-0.05, 0) is 36.4 Å². The minimum atomic E-state index is 0.625. The maximum absolute atomic E-state index is 5.74. The molecule has 0 unspecified atom stereocenters. The van der Waals surface area contributed by atoms with Crippen molar-refractivity contribution in [3.05, 3.63) is 47.9 Å². The van der Waals surface area contributed by atoms with Crippen LogP contribution in [0.1, 0.15) is 18.2 Å². The van der Waals surface area contributed by atoms with E-state index in [1.165, 1.54) is 16.9 Å². The van der Waals surface area contributed by atoms with Crippen LogP contribution >= 0.6 is 11.3 Å². The summed E-state index contributed by atoms with van der Waals surface area (Å²) in [5.74, 6) is 0.995. The third-order valence-electron chi connectivity index (χ3n) is 3.28. The second-order valence-corrected chi connectivity index (χ2v) is 5.80. The molecule has 0 atom stereocenters. The van der Waals surface area contributed by atoms with E-state index in [2.05, 4.69) is 28.9 Å². The van der Waals surface area contributed by atoms with E-state index in [9.17, 15) is 0 Å². The minimum Gasteiger partial charge on any atom is -0.468 e. The van der Waals surface area contributed by atoms with Crippen LogP contribution < -0.4 is 5.73 Å². The van der Waals surface area contributed by atoms with Crippen LogP contribution in [-0.4, -0.2) is 16.4 Å². The predicted molar refractivity (Wildman–Crippen MR) is 82.5 cm³/mol. The number of nitrogens with two attached hydrogens (primary N) is 1. The number of hydrogen-bond donors (Lipinski definition) is 1. The number of anilines is 1. The fourth-order valence-electron chi connectivity index (χ4n) is 2.25. The van der Waals surface area contributed by atoms with E-state index < -0.39 is 0 Å². The molecule has 0 aliphatic heterocycles. The van der Waals surface area contributed by atoms with Crippen LogP contribution in [0, 0.1) is 0 Å². The Balaban J connectivity index is 1.76. The van der Waals surface area contributed by atoms with Gasteiger partial charge in [0.1, 0.15) is 5.76 Å². The minimum absolute atomic E-state index is 0.625. The van der Waals surface area contributed by atoms with E-state index in [1.54, 1.807) is 6.26 Å². The Bertz CT molecular complexity index is 690. The zero-order valence-electron chi connectivity index (χ0n) is 11.4. The molecule has 0 aliphatic rings. The Morgan fingerprint density at radius 3 is 2.95 bits per heavy atom. The summed E-state index contributed by atoms with van der Waals surface area (Å²) >= 11 is 1.54. The van der Waals surface area contributed by atoms with E-state index in [1.807, 2.05) is 18.2 Å². The summed E-state index contributed by atoms with van der Waals surface area (Å²) in [6, 6.07) is 10.3. The Kier molecular flexibility index (Phi) is 3.71. The standard InChI is InChI=1S/C15H17N3OS/c1-2-18(10-12-4-3-7-19-12)9-11-5-6-13-14(8-11)20-15(16)17-13/h3-8H,2,9-10H2,1H3,(H2,16,17). The van der Waals surface area contributed by atoms with Crippen LogP contribution in [0.5, 0.6) is 0 Å². The van der Waals surface area contributed by atoms with Crippen LogP contribution in [0.2, 0.25) is 0 Å². The predicted octanol–water partition coefficient (Wildman–Crippen LogP) is 3.49. The molecule has 2 aromatic heterocycles. The lowest BCUT2D eigenvalue weighted by Gasteiger charge is -2.19. The zero-order chi connectivity index (χ0) is 13.9. The van der Waals surface area contributed by atoms with Gasteiger partial charge < -0.3 is 10.2 Å². The molecule has 0 spiro atoms. The maximum atomic E-state index is 5.74. The molecule has 104 valence electrons. The largest absolute Gasteiger partial charge is 0.468 e. The second kappa shape index (κ2) is 5.64. The summed E-state index contributed by atoms with van der Waals surface area (Å²) in [4.78, 5) is 6.62. The van der Waals surface area contributed by atoms with Gasteiger partial charge in [0.25, 0.3) is 0 Å². The van der Waals surface area contributed by atoms with E-state index in [-0.39, 0.29) is 0 Å². The van der Waals surface area contributed by atoms with Gasteiger partial charge in [-0.3, -0.25) is 4.90 Å². The summed E-state index contributed by atoms with van der Waals surface area (Å²) < 4.78 is 6.56. The van der Waals surface area contributed by atoms with Crippen molar-refractivity contribution in [2.24, 2.45) is 0 Å². The number of nitrogen functional groups attached to an aromatic ring is 1. The Morgan fingerprint density at radius 2 is 2.20 bits per heavy atom. The third-order valence-corrected chi connectivity index (χ3v) is 4.13. The molecule has 0 aliphatic carbocycles. The van der Waals surface area contributed by atoms with Gasteiger partial charge in [-0.2, -0.15) is 0 Å². The normalized spacial score (nSPS) is 11.5. The maximum Gasteiger partial charge on any atom is 0.181 e. The monoisotopic (exact) mass is 287 g/mol. The second-order valence-electron chi connectivity index (χ2n) is 4.74. The first kappa shape index (κ1) is 13.1. The first-order chi connectivity index (χ1) is 9.74. The molecule has 0 bridgehead atoms. The quantitative estimate of drug-likeness (QED) is 0.780. The Labute approximate surface area is 121 Å². The van der Waals surface area contributed by atoms with Crippen molar-refractivity contribution in [1.29, 1.82) is 0 Å². The number of hydrogen-bond acceptors (Lipinski definition) is 5. The summed E-state index contributed by atoms with van der Waals surface area (Å²) in [6.45, 7) is 4.85. The van der Waals surface area contributed by atoms with Gasteiger partial charge in [-0.25, -0.2) is 4.98 Å². The van der Waals surface area contributed by atoms with Gasteiger partial charge in [0.2, 0.25) is 0 Å². The highest BCUT2D eigenvalue weighted by atomic mass is 32.1. The number of benzene rings is 1. The molecule has 3 aromatic rings. The highest BCUT2D eigenvalue weighted by molar-refractivity contribution is 7.22. The van der Waals surface area contributed by atoms with Gasteiger partial charge in [0, 0.05) is 6.54 Å². The topological polar surface area (TPSA) is 55.3 Å². The molecule has 2 N–H and O–H groups in total. The summed E-state index contributed by atoms with van der Waals surface area (Å²) in [6.07, 6.45) is 1.72. The summed E-state index contributed by atoms with van der Waals surface area (Å²) in [5, 5.41) is 0.625. The molecule has 2 heterocycles. The number of nitrogens with zero attached hydrogens (tertiary/aromatic N) is 2. The van der Waals surface area contributed by atoms with Crippen LogP contribution in [0.15, 0.2) is 41.0 Å². The smallest absolute Gasteiger partial charge is 0.181 e. The van der Waals surface area contributed by atoms with Crippen molar-refractivity contribution in [1.82, 2.24) is 9.88 Å². The number of rotatable bonds is 5. The molecule has 0 saturated carbocycles. The molecular formula is C15H17N3OS. The Hall–Kier alpha value is -1.85. The van der Waals surface area contributed by atoms with Crippen molar-refractivity contribution in [3.8, 4) is 0 Å². The first-order valence-corrected chi connectivity index (χ1v) is 7.46. The zero-order valence-corrected chi connectivity index (χ0v) is 12.2. The lowest BCUT2D eigenvalue weighted by Crippen LogP contribution is -2.21. The molecule has 3 rings (SSSR count). The fraction of sp³-hybridized carbons (Fsp3) is 0.267. The van der Waals surface area contributed by atoms with Gasteiger partial charge in [-0.15, -0.1) is 0 Å². The lowest BCUT2D eigenvalue weighted by atomic mass is 10.2. The molecule has 0 amide bonds. The third kappa shape index (κ3) is 2.84. The van der Waals surface area contributed by atoms with Gasteiger partial charge in [0.15, 0.2) is 5.13 Å². The van der Waals surface area contributed by atoms with E-state index in [0.717, 1.165) is 35.6 Å². The Morgan fingerprint density at radius 1 is 1.30 bits per heavy atom. The number of furan rings is 1. The number of fused-ring (bicyclic) bond motifs is 1. The molecule has 1 aromatic carbocycles. The van der Waals surface area contributed by atoms with E-state index in [0.29, 0.717) is 5.13 Å². The summed E-state index contributed by atoms with van der Waals surface area (Å²) in [7, 11) is 0. The van der Waals surface area contributed by atoms with Gasteiger partial charge in [0.05, 0.1) is 23.0 Å². The molecule has 20 heavy (non-hydrogen) atoms. The number of aromatic nitrogens is 1.